The number of methoxy groups -OCH3 is 1. The number of hydrogen-bond acceptors (Lipinski definition) is 7. The van der Waals surface area contributed by atoms with E-state index in [4.69, 9.17) is 26.2 Å². The highest BCUT2D eigenvalue weighted by atomic mass is 35.5. The Morgan fingerprint density at radius 3 is 2.63 bits per heavy atom. The summed E-state index contributed by atoms with van der Waals surface area (Å²) in [5, 5.41) is 23.5. The molecule has 0 unspecified atom stereocenters. The van der Waals surface area contributed by atoms with E-state index in [1.807, 2.05) is 0 Å². The highest BCUT2D eigenvalue weighted by Gasteiger charge is 2.33. The Morgan fingerprint density at radius 2 is 2.07 bits per heavy atom. The Kier molecular flexibility index (Phi) is 7.06. The maximum Gasteiger partial charge on any atom is 0.416 e. The van der Waals surface area contributed by atoms with Crippen LogP contribution < -0.4 is 14.9 Å². The van der Waals surface area contributed by atoms with Gasteiger partial charge in [-0.1, -0.05) is 11.6 Å². The van der Waals surface area contributed by atoms with Gasteiger partial charge >= 0.3 is 12.1 Å². The first-order valence-corrected chi connectivity index (χ1v) is 8.27. The van der Waals surface area contributed by atoms with E-state index in [1.54, 1.807) is 0 Å². The Bertz CT molecular complexity index is 997. The highest BCUT2D eigenvalue weighted by Crippen LogP contribution is 2.37. The topological polar surface area (TPSA) is 123 Å². The minimum Gasteiger partial charge on any atom is -0.493 e. The van der Waals surface area contributed by atoms with Crippen LogP contribution in [-0.4, -0.2) is 35.9 Å². The average molecular weight is 448 g/mol. The third-order valence-electron chi connectivity index (χ3n) is 3.51. The van der Waals surface area contributed by atoms with Gasteiger partial charge in [0.1, 0.15) is 5.69 Å². The molecule has 2 rings (SSSR count). The van der Waals surface area contributed by atoms with Crippen molar-refractivity contribution in [3.8, 4) is 11.5 Å². The summed E-state index contributed by atoms with van der Waals surface area (Å²) in [6.45, 7) is -0.650. The molecule has 0 atom stereocenters. The van der Waals surface area contributed by atoms with Crippen LogP contribution in [0.1, 0.15) is 11.1 Å². The van der Waals surface area contributed by atoms with E-state index in [0.29, 0.717) is 17.7 Å². The lowest BCUT2D eigenvalue weighted by molar-refractivity contribution is -0.384. The van der Waals surface area contributed by atoms with Crippen LogP contribution in [-0.2, 0) is 11.0 Å². The zero-order chi connectivity index (χ0) is 22.5. The molecule has 13 heteroatoms. The first-order chi connectivity index (χ1) is 14.0. The Morgan fingerprint density at radius 1 is 1.37 bits per heavy atom. The SMILES string of the molecule is COc1cc(/C=N\Nc2ccc(C(F)(F)F)cc2[N+](=O)[O-])cc(Cl)c1OCC(=O)O. The predicted molar refractivity (Wildman–Crippen MR) is 100 cm³/mol. The van der Waals surface area contributed by atoms with E-state index in [2.05, 4.69) is 10.5 Å². The summed E-state index contributed by atoms with van der Waals surface area (Å²) in [7, 11) is 1.30. The van der Waals surface area contributed by atoms with Crippen molar-refractivity contribution in [1.82, 2.24) is 0 Å². The quantitative estimate of drug-likeness (QED) is 0.353. The minimum absolute atomic E-state index is 0.00921. The van der Waals surface area contributed by atoms with Gasteiger partial charge in [-0.2, -0.15) is 18.3 Å². The Labute approximate surface area is 171 Å². The number of alkyl halides is 3. The van der Waals surface area contributed by atoms with Gasteiger partial charge in [-0.15, -0.1) is 0 Å². The minimum atomic E-state index is -4.73. The van der Waals surface area contributed by atoms with Crippen molar-refractivity contribution in [3.63, 3.8) is 0 Å². The molecule has 0 heterocycles. The lowest BCUT2D eigenvalue weighted by atomic mass is 10.1. The highest BCUT2D eigenvalue weighted by molar-refractivity contribution is 6.32. The van der Waals surface area contributed by atoms with Crippen LogP contribution in [0.25, 0.3) is 0 Å². The number of halogens is 4. The van der Waals surface area contributed by atoms with Crippen LogP contribution in [0.3, 0.4) is 0 Å². The van der Waals surface area contributed by atoms with E-state index in [-0.39, 0.29) is 22.2 Å². The number of nitrogens with one attached hydrogen (secondary N) is 1. The van der Waals surface area contributed by atoms with Crippen LogP contribution in [0.4, 0.5) is 24.5 Å². The average Bonchev–Trinajstić information content (AvgIpc) is 2.65. The second-order valence-electron chi connectivity index (χ2n) is 5.57. The molecular weight excluding hydrogens is 435 g/mol. The number of carboxylic acids is 1. The second kappa shape index (κ2) is 9.31. The third kappa shape index (κ3) is 5.73. The summed E-state index contributed by atoms with van der Waals surface area (Å²) in [5.74, 6) is -1.13. The van der Waals surface area contributed by atoms with Crippen molar-refractivity contribution in [3.05, 3.63) is 56.6 Å². The van der Waals surface area contributed by atoms with Gasteiger partial charge in [-0.25, -0.2) is 4.79 Å². The molecule has 0 aliphatic heterocycles. The maximum atomic E-state index is 12.7. The van der Waals surface area contributed by atoms with Crippen LogP contribution in [0.5, 0.6) is 11.5 Å². The molecule has 160 valence electrons. The zero-order valence-electron chi connectivity index (χ0n) is 15.1. The van der Waals surface area contributed by atoms with Crippen molar-refractivity contribution in [1.29, 1.82) is 0 Å². The molecule has 0 aliphatic rings. The molecule has 0 radical (unpaired) electrons. The molecule has 2 aromatic carbocycles. The normalized spacial score (nSPS) is 11.4. The molecule has 0 aliphatic carbocycles. The summed E-state index contributed by atoms with van der Waals surface area (Å²) in [6, 6.07) is 4.71. The smallest absolute Gasteiger partial charge is 0.416 e. The summed E-state index contributed by atoms with van der Waals surface area (Å²) in [4.78, 5) is 20.7. The van der Waals surface area contributed by atoms with Crippen molar-refractivity contribution < 1.29 is 37.5 Å². The number of hydrazone groups is 1. The molecule has 0 spiro atoms. The van der Waals surface area contributed by atoms with Gasteiger partial charge in [0, 0.05) is 6.07 Å². The number of carboxylic acid groups (broad SMARTS) is 1. The fourth-order valence-electron chi connectivity index (χ4n) is 2.22. The summed E-state index contributed by atoms with van der Waals surface area (Å²) >= 11 is 6.04. The molecule has 0 fully saturated rings. The number of nitro benzene ring substituents is 1. The summed E-state index contributed by atoms with van der Waals surface area (Å²) < 4.78 is 48.3. The number of nitro groups is 1. The molecule has 2 aromatic rings. The van der Waals surface area contributed by atoms with Crippen LogP contribution in [0.15, 0.2) is 35.4 Å². The number of carbonyl (C=O) groups is 1. The maximum absolute atomic E-state index is 12.7. The number of ether oxygens (including phenoxy) is 2. The summed E-state index contributed by atoms with van der Waals surface area (Å²) in [6.07, 6.45) is -3.55. The van der Waals surface area contributed by atoms with Gasteiger partial charge in [0.2, 0.25) is 0 Å². The Balaban J connectivity index is 2.25. The lowest BCUT2D eigenvalue weighted by Crippen LogP contribution is -2.10. The molecule has 30 heavy (non-hydrogen) atoms. The van der Waals surface area contributed by atoms with E-state index in [1.165, 1.54) is 25.5 Å². The third-order valence-corrected chi connectivity index (χ3v) is 3.79. The molecule has 2 N–H and O–H groups in total. The number of hydrogen-bond donors (Lipinski definition) is 2. The molecule has 0 aromatic heterocycles. The number of benzene rings is 2. The lowest BCUT2D eigenvalue weighted by Gasteiger charge is -2.12. The van der Waals surface area contributed by atoms with Crippen molar-refractivity contribution in [2.75, 3.05) is 19.1 Å². The largest absolute Gasteiger partial charge is 0.493 e. The van der Waals surface area contributed by atoms with Gasteiger partial charge in [0.25, 0.3) is 5.69 Å². The number of nitrogens with zero attached hydrogens (tertiary/aromatic N) is 2. The van der Waals surface area contributed by atoms with Crippen LogP contribution >= 0.6 is 11.6 Å². The number of anilines is 1. The van der Waals surface area contributed by atoms with Crippen molar-refractivity contribution >= 4 is 35.2 Å². The van der Waals surface area contributed by atoms with E-state index >= 15 is 0 Å². The van der Waals surface area contributed by atoms with Gasteiger partial charge in [0.15, 0.2) is 18.1 Å². The van der Waals surface area contributed by atoms with Crippen LogP contribution in [0, 0.1) is 10.1 Å². The van der Waals surface area contributed by atoms with Gasteiger partial charge in [-0.3, -0.25) is 15.5 Å². The molecule has 0 bridgehead atoms. The molecule has 9 nitrogen and oxygen atoms in total. The van der Waals surface area contributed by atoms with Gasteiger partial charge < -0.3 is 14.6 Å². The fraction of sp³-hybridized carbons (Fsp3) is 0.176. The van der Waals surface area contributed by atoms with Gasteiger partial charge in [-0.05, 0) is 29.8 Å². The molecule has 0 saturated carbocycles. The van der Waals surface area contributed by atoms with E-state index in [9.17, 15) is 28.1 Å². The first-order valence-electron chi connectivity index (χ1n) is 7.89. The predicted octanol–water partition coefficient (Wildman–Crippen LogP) is 4.19. The monoisotopic (exact) mass is 447 g/mol. The molecular formula is C17H13ClF3N3O6. The van der Waals surface area contributed by atoms with Gasteiger partial charge in [0.05, 0.1) is 28.8 Å². The Hall–Kier alpha value is -3.54. The second-order valence-corrected chi connectivity index (χ2v) is 5.98. The van der Waals surface area contributed by atoms with Crippen molar-refractivity contribution in [2.24, 2.45) is 5.10 Å². The van der Waals surface area contributed by atoms with E-state index in [0.717, 1.165) is 6.07 Å². The summed E-state index contributed by atoms with van der Waals surface area (Å²) in [5.41, 5.74) is 0.396. The van der Waals surface area contributed by atoms with Crippen LogP contribution in [0.2, 0.25) is 5.02 Å². The number of rotatable bonds is 8. The molecule has 0 amide bonds. The number of aliphatic carboxylic acids is 1. The zero-order valence-corrected chi connectivity index (χ0v) is 15.8. The first kappa shape index (κ1) is 22.7. The van der Waals surface area contributed by atoms with Crippen molar-refractivity contribution in [2.45, 2.75) is 6.18 Å². The fourth-order valence-corrected chi connectivity index (χ4v) is 2.49. The molecule has 0 saturated heterocycles. The van der Waals surface area contributed by atoms with E-state index < -0.39 is 34.9 Å². The standard InChI is InChI=1S/C17H13ClF3N3O6/c1-29-14-5-9(4-11(18)16(14)30-8-15(25)26)7-22-23-12-3-2-10(17(19,20)21)6-13(12)24(27)28/h2-7,23H,8H2,1H3,(H,25,26)/b22-7-.